The molecule has 2 aliphatic rings. The van der Waals surface area contributed by atoms with Crippen LogP contribution >= 0.6 is 0 Å². The Morgan fingerprint density at radius 1 is 0.912 bits per heavy atom. The summed E-state index contributed by atoms with van der Waals surface area (Å²) in [7, 11) is 0. The smallest absolute Gasteiger partial charge is 0.409 e. The molecule has 0 unspecified atom stereocenters. The van der Waals surface area contributed by atoms with E-state index >= 15 is 0 Å². The van der Waals surface area contributed by atoms with Crippen LogP contribution in [-0.4, -0.2) is 85.5 Å². The number of nitrogens with zero attached hydrogens (tertiary/aromatic N) is 4. The Balaban J connectivity index is 1.64. The Morgan fingerprint density at radius 2 is 1.53 bits per heavy atom. The molecule has 0 bridgehead atoms. The van der Waals surface area contributed by atoms with Crippen molar-refractivity contribution in [2.45, 2.75) is 34.2 Å². The number of hydrogen-bond donors (Lipinski definition) is 0. The van der Waals surface area contributed by atoms with E-state index in [1.54, 1.807) is 11.8 Å². The third-order valence-corrected chi connectivity index (χ3v) is 6.81. The number of aromatic nitrogens is 1. The molecule has 1 aromatic carbocycles. The molecule has 0 spiro atoms. The van der Waals surface area contributed by atoms with Crippen molar-refractivity contribution in [3.8, 4) is 0 Å². The van der Waals surface area contributed by atoms with Crippen LogP contribution in [0.3, 0.4) is 0 Å². The summed E-state index contributed by atoms with van der Waals surface area (Å²) in [4.78, 5) is 31.8. The molecule has 0 aliphatic carbocycles. The van der Waals surface area contributed by atoms with Crippen molar-refractivity contribution in [3.05, 3.63) is 52.3 Å². The van der Waals surface area contributed by atoms with Crippen molar-refractivity contribution < 1.29 is 19.1 Å². The number of piperazine rings is 1. The number of ether oxygens (including phenoxy) is 2. The van der Waals surface area contributed by atoms with Crippen LogP contribution < -0.4 is 4.90 Å². The Bertz CT molecular complexity index is 1020. The van der Waals surface area contributed by atoms with Crippen molar-refractivity contribution in [3.63, 3.8) is 0 Å². The molecule has 8 nitrogen and oxygen atoms in total. The fraction of sp³-hybridized carbons (Fsp3) is 0.538. The third-order valence-electron chi connectivity index (χ3n) is 6.81. The van der Waals surface area contributed by atoms with Gasteiger partial charge in [-0.1, -0.05) is 29.8 Å². The Labute approximate surface area is 202 Å². The van der Waals surface area contributed by atoms with Gasteiger partial charge in [-0.3, -0.25) is 4.79 Å². The van der Waals surface area contributed by atoms with Crippen molar-refractivity contribution in [2.75, 3.05) is 64.0 Å². The highest BCUT2D eigenvalue weighted by molar-refractivity contribution is 5.97. The molecule has 0 N–H and O–H groups in total. The molecule has 0 radical (unpaired) electrons. The molecule has 2 aromatic rings. The van der Waals surface area contributed by atoms with Gasteiger partial charge in [-0.2, -0.15) is 0 Å². The Hall–Kier alpha value is -3.00. The van der Waals surface area contributed by atoms with E-state index in [9.17, 15) is 9.59 Å². The number of morpholine rings is 1. The number of hydrogen-bond acceptors (Lipinski definition) is 5. The van der Waals surface area contributed by atoms with Gasteiger partial charge in [0.1, 0.15) is 5.69 Å². The molecule has 184 valence electrons. The molecule has 8 heteroatoms. The molecule has 2 amide bonds. The van der Waals surface area contributed by atoms with Crippen LogP contribution in [0.15, 0.2) is 24.3 Å². The van der Waals surface area contributed by atoms with E-state index in [0.717, 1.165) is 35.7 Å². The van der Waals surface area contributed by atoms with Gasteiger partial charge < -0.3 is 28.7 Å². The van der Waals surface area contributed by atoms with Crippen molar-refractivity contribution >= 4 is 17.7 Å². The van der Waals surface area contributed by atoms with Crippen molar-refractivity contribution in [1.82, 2.24) is 14.4 Å². The van der Waals surface area contributed by atoms with E-state index in [-0.39, 0.29) is 12.0 Å². The van der Waals surface area contributed by atoms with E-state index in [0.29, 0.717) is 52.5 Å². The fourth-order valence-electron chi connectivity index (χ4n) is 4.94. The van der Waals surface area contributed by atoms with Gasteiger partial charge in [0.2, 0.25) is 0 Å². The van der Waals surface area contributed by atoms with Crippen LogP contribution in [0.5, 0.6) is 0 Å². The third kappa shape index (κ3) is 4.92. The molecule has 1 aromatic heterocycles. The minimum atomic E-state index is -0.307. The summed E-state index contributed by atoms with van der Waals surface area (Å²) in [5.74, 6) is 0.0238. The number of anilines is 1. The summed E-state index contributed by atoms with van der Waals surface area (Å²) < 4.78 is 12.9. The van der Waals surface area contributed by atoms with Gasteiger partial charge in [0.05, 0.1) is 25.5 Å². The zero-order valence-corrected chi connectivity index (χ0v) is 20.8. The SMILES string of the molecule is CCOC(=O)N1CCN(C(=O)c2c(C)c(N3CCOCC3)c(C)n2Cc2ccc(C)cc2)CC1. The number of benzene rings is 1. The topological polar surface area (TPSA) is 67.2 Å². The average molecular weight is 469 g/mol. The Morgan fingerprint density at radius 3 is 2.15 bits per heavy atom. The first-order valence-corrected chi connectivity index (χ1v) is 12.2. The van der Waals surface area contributed by atoms with Crippen LogP contribution in [0, 0.1) is 20.8 Å². The molecule has 34 heavy (non-hydrogen) atoms. The summed E-state index contributed by atoms with van der Waals surface area (Å²) in [5.41, 5.74) is 6.39. The molecular formula is C26H36N4O4. The second kappa shape index (κ2) is 10.5. The molecule has 3 heterocycles. The zero-order chi connectivity index (χ0) is 24.2. The van der Waals surface area contributed by atoms with Gasteiger partial charge in [0, 0.05) is 57.1 Å². The maximum Gasteiger partial charge on any atom is 0.409 e. The lowest BCUT2D eigenvalue weighted by molar-refractivity contribution is 0.0561. The lowest BCUT2D eigenvalue weighted by Gasteiger charge is -2.34. The summed E-state index contributed by atoms with van der Waals surface area (Å²) in [5, 5.41) is 0. The van der Waals surface area contributed by atoms with Gasteiger partial charge >= 0.3 is 6.09 Å². The summed E-state index contributed by atoms with van der Waals surface area (Å²) in [6.07, 6.45) is -0.307. The van der Waals surface area contributed by atoms with Gasteiger partial charge in [0.15, 0.2) is 0 Å². The highest BCUT2D eigenvalue weighted by Gasteiger charge is 2.32. The zero-order valence-electron chi connectivity index (χ0n) is 20.8. The van der Waals surface area contributed by atoms with Gasteiger partial charge in [-0.05, 0) is 33.3 Å². The standard InChI is InChI=1S/C26H36N4O4/c1-5-34-26(32)29-12-10-28(11-13-29)25(31)24-20(3)23(27-14-16-33-17-15-27)21(4)30(24)18-22-8-6-19(2)7-9-22/h6-9H,5,10-18H2,1-4H3. The van der Waals surface area contributed by atoms with Gasteiger partial charge in [-0.15, -0.1) is 0 Å². The second-order valence-electron chi connectivity index (χ2n) is 9.06. The predicted octanol–water partition coefficient (Wildman–Crippen LogP) is 3.21. The predicted molar refractivity (Wildman–Crippen MR) is 132 cm³/mol. The van der Waals surface area contributed by atoms with Crippen LogP contribution in [0.1, 0.15) is 39.8 Å². The monoisotopic (exact) mass is 468 g/mol. The summed E-state index contributed by atoms with van der Waals surface area (Å²) in [6.45, 7) is 14.0. The highest BCUT2D eigenvalue weighted by Crippen LogP contribution is 2.33. The molecule has 2 aliphatic heterocycles. The maximum atomic E-state index is 13.9. The number of carbonyl (C=O) groups excluding carboxylic acids is 2. The van der Waals surface area contributed by atoms with Crippen LogP contribution in [0.2, 0.25) is 0 Å². The van der Waals surface area contributed by atoms with E-state index in [2.05, 4.69) is 54.5 Å². The van der Waals surface area contributed by atoms with E-state index in [1.807, 2.05) is 4.90 Å². The van der Waals surface area contributed by atoms with Crippen molar-refractivity contribution in [2.24, 2.45) is 0 Å². The first-order valence-electron chi connectivity index (χ1n) is 12.2. The largest absolute Gasteiger partial charge is 0.450 e. The lowest BCUT2D eigenvalue weighted by atomic mass is 10.1. The normalized spacial score (nSPS) is 16.6. The molecule has 2 saturated heterocycles. The minimum absolute atomic E-state index is 0.0238. The number of aryl methyl sites for hydroxylation is 1. The fourth-order valence-corrected chi connectivity index (χ4v) is 4.94. The average Bonchev–Trinajstić information content (AvgIpc) is 3.09. The van der Waals surface area contributed by atoms with Crippen LogP contribution in [-0.2, 0) is 16.0 Å². The summed E-state index contributed by atoms with van der Waals surface area (Å²) >= 11 is 0. The van der Waals surface area contributed by atoms with E-state index < -0.39 is 0 Å². The minimum Gasteiger partial charge on any atom is -0.450 e. The second-order valence-corrected chi connectivity index (χ2v) is 9.06. The van der Waals surface area contributed by atoms with Crippen molar-refractivity contribution in [1.29, 1.82) is 0 Å². The lowest BCUT2D eigenvalue weighted by Crippen LogP contribution is -2.51. The Kier molecular flexibility index (Phi) is 7.46. The molecule has 0 saturated carbocycles. The molecule has 4 rings (SSSR count). The molecule has 2 fully saturated rings. The van der Waals surface area contributed by atoms with Gasteiger partial charge in [0.25, 0.3) is 5.91 Å². The van der Waals surface area contributed by atoms with E-state index in [1.165, 1.54) is 11.1 Å². The van der Waals surface area contributed by atoms with Crippen LogP contribution in [0.4, 0.5) is 10.5 Å². The quantitative estimate of drug-likeness (QED) is 0.674. The molecule has 0 atom stereocenters. The van der Waals surface area contributed by atoms with Crippen LogP contribution in [0.25, 0.3) is 0 Å². The first-order chi connectivity index (χ1) is 16.4. The maximum absolute atomic E-state index is 13.9. The number of rotatable bonds is 5. The highest BCUT2D eigenvalue weighted by atomic mass is 16.6. The number of carbonyl (C=O) groups is 2. The van der Waals surface area contributed by atoms with E-state index in [4.69, 9.17) is 9.47 Å². The number of amides is 2. The summed E-state index contributed by atoms with van der Waals surface area (Å²) in [6, 6.07) is 8.48. The first kappa shape index (κ1) is 24.1. The molecular weight excluding hydrogens is 432 g/mol. The van der Waals surface area contributed by atoms with Gasteiger partial charge in [-0.25, -0.2) is 4.79 Å².